The van der Waals surface area contributed by atoms with Gasteiger partial charge in [-0.15, -0.1) is 0 Å². The Bertz CT molecular complexity index is 523. The third kappa shape index (κ3) is 4.28. The zero-order chi connectivity index (χ0) is 14.4. The highest BCUT2D eigenvalue weighted by atomic mass is 32.2. The maximum Gasteiger partial charge on any atom is 0.179 e. The molecule has 0 radical (unpaired) electrons. The summed E-state index contributed by atoms with van der Waals surface area (Å²) in [7, 11) is -3.24. The lowest BCUT2D eigenvalue weighted by molar-refractivity contribution is 0.142. The van der Waals surface area contributed by atoms with Gasteiger partial charge in [-0.05, 0) is 24.1 Å². The highest BCUT2D eigenvalue weighted by Gasteiger charge is 2.17. The van der Waals surface area contributed by atoms with Crippen LogP contribution in [0, 0.1) is 0 Å². The van der Waals surface area contributed by atoms with Crippen LogP contribution in [0.2, 0.25) is 0 Å². The summed E-state index contributed by atoms with van der Waals surface area (Å²) in [6.07, 6.45) is 0.961. The minimum Gasteiger partial charge on any atom is -0.380 e. The summed E-state index contributed by atoms with van der Waals surface area (Å²) in [4.78, 5) is 2.52. The van der Waals surface area contributed by atoms with Crippen LogP contribution in [-0.4, -0.2) is 51.9 Å². The number of ether oxygens (including phenoxy) is 1. The van der Waals surface area contributed by atoms with Crippen LogP contribution in [0.3, 0.4) is 0 Å². The van der Waals surface area contributed by atoms with Crippen LogP contribution in [0.4, 0.5) is 0 Å². The van der Waals surface area contributed by atoms with E-state index in [9.17, 15) is 8.42 Å². The Labute approximate surface area is 120 Å². The number of sulfone groups is 1. The van der Waals surface area contributed by atoms with Gasteiger partial charge < -0.3 is 10.5 Å². The molecule has 0 saturated carbocycles. The quantitative estimate of drug-likeness (QED) is 0.864. The predicted molar refractivity (Wildman–Crippen MR) is 78.3 cm³/mol. The van der Waals surface area contributed by atoms with E-state index < -0.39 is 9.84 Å². The number of hydrogen-bond donors (Lipinski definition) is 1. The van der Waals surface area contributed by atoms with Crippen LogP contribution in [0.1, 0.15) is 12.0 Å². The number of nitrogens with zero attached hydrogens (tertiary/aromatic N) is 1. The molecule has 6 heteroatoms. The van der Waals surface area contributed by atoms with Crippen LogP contribution in [0.25, 0.3) is 0 Å². The van der Waals surface area contributed by atoms with Crippen LogP contribution in [-0.2, 0) is 21.1 Å². The Morgan fingerprint density at radius 3 is 2.90 bits per heavy atom. The Kier molecular flexibility index (Phi) is 5.54. The third-order valence-corrected chi connectivity index (χ3v) is 5.18. The molecule has 1 saturated heterocycles. The summed E-state index contributed by atoms with van der Waals surface area (Å²) in [5, 5.41) is 0. The van der Waals surface area contributed by atoms with Crippen molar-refractivity contribution in [2.45, 2.75) is 17.9 Å². The van der Waals surface area contributed by atoms with Gasteiger partial charge in [0.05, 0.1) is 17.3 Å². The van der Waals surface area contributed by atoms with Gasteiger partial charge in [0.25, 0.3) is 0 Å². The summed E-state index contributed by atoms with van der Waals surface area (Å²) in [6, 6.07) is 6.89. The standard InChI is InChI=1S/C14H22N2O3S/c15-12-13-3-1-4-14(11-13)20(17,18)10-7-16-5-2-8-19-9-6-16/h1,3-4,11H,2,5-10,12,15H2. The molecule has 2 rings (SSSR count). The normalized spacial score (nSPS) is 17.9. The van der Waals surface area contributed by atoms with E-state index in [0.717, 1.165) is 31.7 Å². The topological polar surface area (TPSA) is 72.6 Å². The Morgan fingerprint density at radius 2 is 2.10 bits per heavy atom. The molecule has 0 aliphatic carbocycles. The Hall–Kier alpha value is -0.950. The second kappa shape index (κ2) is 7.17. The molecule has 1 aliphatic rings. The van der Waals surface area contributed by atoms with E-state index in [-0.39, 0.29) is 5.75 Å². The molecule has 1 aromatic rings. The fourth-order valence-corrected chi connectivity index (χ4v) is 3.61. The van der Waals surface area contributed by atoms with Crippen molar-refractivity contribution in [3.63, 3.8) is 0 Å². The number of rotatable bonds is 5. The van der Waals surface area contributed by atoms with Crippen molar-refractivity contribution in [3.8, 4) is 0 Å². The molecule has 0 atom stereocenters. The summed E-state index contributed by atoms with van der Waals surface area (Å²) in [5.41, 5.74) is 6.40. The minimum atomic E-state index is -3.24. The smallest absolute Gasteiger partial charge is 0.179 e. The second-order valence-electron chi connectivity index (χ2n) is 4.98. The minimum absolute atomic E-state index is 0.140. The van der Waals surface area contributed by atoms with E-state index in [0.29, 0.717) is 24.6 Å². The van der Waals surface area contributed by atoms with Gasteiger partial charge in [-0.3, -0.25) is 4.90 Å². The summed E-state index contributed by atoms with van der Waals surface area (Å²) < 4.78 is 30.0. The molecular weight excluding hydrogens is 276 g/mol. The van der Waals surface area contributed by atoms with Crippen molar-refractivity contribution >= 4 is 9.84 Å². The fourth-order valence-electron chi connectivity index (χ4n) is 2.25. The Balaban J connectivity index is 1.99. The molecular formula is C14H22N2O3S. The van der Waals surface area contributed by atoms with E-state index in [1.54, 1.807) is 18.2 Å². The first kappa shape index (κ1) is 15.4. The van der Waals surface area contributed by atoms with E-state index in [2.05, 4.69) is 4.90 Å². The molecule has 1 aromatic carbocycles. The maximum atomic E-state index is 12.3. The van der Waals surface area contributed by atoms with Crippen molar-refractivity contribution in [2.24, 2.45) is 5.73 Å². The highest BCUT2D eigenvalue weighted by Crippen LogP contribution is 2.13. The van der Waals surface area contributed by atoms with E-state index in [1.807, 2.05) is 6.07 Å². The van der Waals surface area contributed by atoms with Gasteiger partial charge in [-0.25, -0.2) is 8.42 Å². The van der Waals surface area contributed by atoms with Gasteiger partial charge in [-0.2, -0.15) is 0 Å². The SMILES string of the molecule is NCc1cccc(S(=O)(=O)CCN2CCCOCC2)c1. The van der Waals surface area contributed by atoms with Gasteiger partial charge in [0.15, 0.2) is 9.84 Å². The molecule has 0 bridgehead atoms. The summed E-state index contributed by atoms with van der Waals surface area (Å²) >= 11 is 0. The fraction of sp³-hybridized carbons (Fsp3) is 0.571. The predicted octanol–water partition coefficient (Wildman–Crippen LogP) is 0.641. The number of benzene rings is 1. The first-order chi connectivity index (χ1) is 9.62. The van der Waals surface area contributed by atoms with Crippen molar-refractivity contribution in [1.82, 2.24) is 4.90 Å². The largest absolute Gasteiger partial charge is 0.380 e. The van der Waals surface area contributed by atoms with Crippen molar-refractivity contribution in [1.29, 1.82) is 0 Å². The van der Waals surface area contributed by atoms with Gasteiger partial charge in [0.1, 0.15) is 0 Å². The van der Waals surface area contributed by atoms with Gasteiger partial charge in [0, 0.05) is 32.8 Å². The molecule has 20 heavy (non-hydrogen) atoms. The molecule has 112 valence electrons. The second-order valence-corrected chi connectivity index (χ2v) is 7.09. The van der Waals surface area contributed by atoms with E-state index in [1.165, 1.54) is 0 Å². The van der Waals surface area contributed by atoms with Crippen molar-refractivity contribution < 1.29 is 13.2 Å². The molecule has 1 heterocycles. The monoisotopic (exact) mass is 298 g/mol. The first-order valence-electron chi connectivity index (χ1n) is 6.94. The van der Waals surface area contributed by atoms with Crippen LogP contribution in [0.15, 0.2) is 29.2 Å². The van der Waals surface area contributed by atoms with E-state index in [4.69, 9.17) is 10.5 Å². The van der Waals surface area contributed by atoms with Crippen LogP contribution in [0.5, 0.6) is 0 Å². The van der Waals surface area contributed by atoms with Crippen LogP contribution < -0.4 is 5.73 Å². The maximum absolute atomic E-state index is 12.3. The Morgan fingerprint density at radius 1 is 1.25 bits per heavy atom. The molecule has 5 nitrogen and oxygen atoms in total. The molecule has 0 unspecified atom stereocenters. The zero-order valence-corrected chi connectivity index (χ0v) is 12.4. The highest BCUT2D eigenvalue weighted by molar-refractivity contribution is 7.91. The molecule has 1 fully saturated rings. The van der Waals surface area contributed by atoms with Gasteiger partial charge >= 0.3 is 0 Å². The average Bonchev–Trinajstić information content (AvgIpc) is 2.74. The third-order valence-electron chi connectivity index (χ3n) is 3.48. The molecule has 0 amide bonds. The summed E-state index contributed by atoms with van der Waals surface area (Å²) in [5.74, 6) is 0.140. The molecule has 1 aliphatic heterocycles. The van der Waals surface area contributed by atoms with E-state index >= 15 is 0 Å². The average molecular weight is 298 g/mol. The lowest BCUT2D eigenvalue weighted by Crippen LogP contribution is -2.31. The van der Waals surface area contributed by atoms with Crippen molar-refractivity contribution in [3.05, 3.63) is 29.8 Å². The van der Waals surface area contributed by atoms with Crippen LogP contribution >= 0.6 is 0 Å². The van der Waals surface area contributed by atoms with Gasteiger partial charge in [0.2, 0.25) is 0 Å². The lowest BCUT2D eigenvalue weighted by atomic mass is 10.2. The molecule has 0 spiro atoms. The number of nitrogens with two attached hydrogens (primary N) is 1. The van der Waals surface area contributed by atoms with Gasteiger partial charge in [-0.1, -0.05) is 12.1 Å². The number of hydrogen-bond acceptors (Lipinski definition) is 5. The lowest BCUT2D eigenvalue weighted by Gasteiger charge is -2.18. The van der Waals surface area contributed by atoms with Crippen molar-refractivity contribution in [2.75, 3.05) is 38.6 Å². The first-order valence-corrected chi connectivity index (χ1v) is 8.59. The molecule has 0 aromatic heterocycles. The summed E-state index contributed by atoms with van der Waals surface area (Å²) in [6.45, 7) is 4.06. The zero-order valence-electron chi connectivity index (χ0n) is 11.6. The molecule has 2 N–H and O–H groups in total.